The van der Waals surface area contributed by atoms with E-state index in [1.165, 1.54) is 0 Å². The summed E-state index contributed by atoms with van der Waals surface area (Å²) in [5.41, 5.74) is 1.45. The molecule has 0 heterocycles. The van der Waals surface area contributed by atoms with E-state index in [0.29, 0.717) is 28.7 Å². The van der Waals surface area contributed by atoms with Crippen LogP contribution in [0.1, 0.15) is 11.1 Å². The van der Waals surface area contributed by atoms with E-state index in [-0.39, 0.29) is 0 Å². The summed E-state index contributed by atoms with van der Waals surface area (Å²) in [6.45, 7) is 0.512. The summed E-state index contributed by atoms with van der Waals surface area (Å²) in [6.07, 6.45) is 0. The molecule has 0 aliphatic carbocycles. The molecule has 0 amide bonds. The highest BCUT2D eigenvalue weighted by atomic mass is 35.5. The fourth-order valence-corrected chi connectivity index (χ4v) is 1.83. The van der Waals surface area contributed by atoms with Gasteiger partial charge in [-0.2, -0.15) is 5.26 Å². The van der Waals surface area contributed by atoms with Crippen LogP contribution in [-0.2, 0) is 11.3 Å². The molecule has 2 aromatic carbocycles. The van der Waals surface area contributed by atoms with E-state index in [1.807, 2.05) is 24.3 Å². The summed E-state index contributed by atoms with van der Waals surface area (Å²) >= 11 is 5.91. The molecule has 0 aliphatic heterocycles. The quantitative estimate of drug-likeness (QED) is 0.840. The predicted octanol–water partition coefficient (Wildman–Crippen LogP) is 4.15. The molecule has 0 fully saturated rings. The molecule has 0 saturated heterocycles. The first-order chi connectivity index (χ1) is 9.22. The number of rotatable bonds is 4. The Morgan fingerprint density at radius 1 is 1.21 bits per heavy atom. The van der Waals surface area contributed by atoms with Gasteiger partial charge in [0.15, 0.2) is 0 Å². The molecule has 0 unspecified atom stereocenters. The first-order valence-corrected chi connectivity index (χ1v) is 6.06. The minimum absolute atomic E-state index is 0.446. The zero-order valence-corrected chi connectivity index (χ0v) is 11.1. The minimum Gasteiger partial charge on any atom is -0.456 e. The lowest BCUT2D eigenvalue weighted by atomic mass is 10.2. The number of ether oxygens (including phenoxy) is 2. The Hall–Kier alpha value is -2.02. The number of nitrogens with zero attached hydrogens (tertiary/aromatic N) is 1. The molecular formula is C15H12ClNO2. The normalized spacial score (nSPS) is 9.95. The second kappa shape index (κ2) is 6.24. The van der Waals surface area contributed by atoms with Crippen LogP contribution >= 0.6 is 11.6 Å². The number of hydrogen-bond acceptors (Lipinski definition) is 3. The maximum atomic E-state index is 9.03. The summed E-state index contributed by atoms with van der Waals surface area (Å²) < 4.78 is 10.8. The summed E-state index contributed by atoms with van der Waals surface area (Å²) in [7, 11) is 1.64. The van der Waals surface area contributed by atoms with Crippen LogP contribution in [-0.4, -0.2) is 7.11 Å². The van der Waals surface area contributed by atoms with Crippen LogP contribution in [0.25, 0.3) is 0 Å². The van der Waals surface area contributed by atoms with Crippen molar-refractivity contribution in [3.63, 3.8) is 0 Å². The maximum absolute atomic E-state index is 9.03. The largest absolute Gasteiger partial charge is 0.456 e. The van der Waals surface area contributed by atoms with Gasteiger partial charge >= 0.3 is 0 Å². The van der Waals surface area contributed by atoms with E-state index in [2.05, 4.69) is 6.07 Å². The fraction of sp³-hybridized carbons (Fsp3) is 0.133. The Labute approximate surface area is 117 Å². The molecule has 0 N–H and O–H groups in total. The van der Waals surface area contributed by atoms with Crippen molar-refractivity contribution in [2.75, 3.05) is 7.11 Å². The van der Waals surface area contributed by atoms with Gasteiger partial charge in [-0.15, -0.1) is 0 Å². The van der Waals surface area contributed by atoms with E-state index < -0.39 is 0 Å². The zero-order chi connectivity index (χ0) is 13.7. The molecule has 0 aromatic heterocycles. The zero-order valence-electron chi connectivity index (χ0n) is 10.4. The van der Waals surface area contributed by atoms with Gasteiger partial charge < -0.3 is 9.47 Å². The number of nitriles is 1. The molecule has 0 spiro atoms. The van der Waals surface area contributed by atoms with Crippen molar-refractivity contribution in [1.29, 1.82) is 5.26 Å². The molecule has 0 saturated carbocycles. The third kappa shape index (κ3) is 3.47. The number of halogens is 1. The van der Waals surface area contributed by atoms with Crippen LogP contribution in [0.15, 0.2) is 42.5 Å². The average Bonchev–Trinajstić information content (AvgIpc) is 2.40. The average molecular weight is 274 g/mol. The van der Waals surface area contributed by atoms with E-state index in [9.17, 15) is 0 Å². The van der Waals surface area contributed by atoms with Gasteiger partial charge in [0.25, 0.3) is 0 Å². The standard InChI is InChI=1S/C15H12ClNO2/c1-18-10-11-3-2-4-14(7-11)19-15-8-13(16)6-5-12(15)9-17/h2-8H,10H2,1H3. The summed E-state index contributed by atoms with van der Waals surface area (Å²) in [6, 6.07) is 14.5. The van der Waals surface area contributed by atoms with Gasteiger partial charge in [0, 0.05) is 18.2 Å². The lowest BCUT2D eigenvalue weighted by Crippen LogP contribution is -1.91. The molecular weight excluding hydrogens is 262 g/mol. The van der Waals surface area contributed by atoms with Crippen molar-refractivity contribution in [3.8, 4) is 17.6 Å². The first kappa shape index (κ1) is 13.4. The lowest BCUT2D eigenvalue weighted by Gasteiger charge is -2.09. The van der Waals surface area contributed by atoms with Crippen molar-refractivity contribution in [1.82, 2.24) is 0 Å². The summed E-state index contributed by atoms with van der Waals surface area (Å²) in [5.74, 6) is 1.10. The van der Waals surface area contributed by atoms with Gasteiger partial charge in [-0.05, 0) is 29.8 Å². The molecule has 2 aromatic rings. The number of hydrogen-bond donors (Lipinski definition) is 0. The molecule has 4 heteroatoms. The van der Waals surface area contributed by atoms with Crippen molar-refractivity contribution >= 4 is 11.6 Å². The maximum Gasteiger partial charge on any atom is 0.146 e. The number of methoxy groups -OCH3 is 1. The second-order valence-corrected chi connectivity index (χ2v) is 4.37. The third-order valence-corrected chi connectivity index (χ3v) is 2.74. The molecule has 19 heavy (non-hydrogen) atoms. The highest BCUT2D eigenvalue weighted by Crippen LogP contribution is 2.28. The van der Waals surface area contributed by atoms with Crippen LogP contribution in [0.2, 0.25) is 5.02 Å². The van der Waals surface area contributed by atoms with Crippen molar-refractivity contribution in [3.05, 3.63) is 58.6 Å². The van der Waals surface area contributed by atoms with Crippen molar-refractivity contribution in [2.24, 2.45) is 0 Å². The van der Waals surface area contributed by atoms with Crippen LogP contribution in [0, 0.1) is 11.3 Å². The minimum atomic E-state index is 0.446. The number of benzene rings is 2. The van der Waals surface area contributed by atoms with Crippen molar-refractivity contribution in [2.45, 2.75) is 6.61 Å². The van der Waals surface area contributed by atoms with E-state index in [4.69, 9.17) is 26.3 Å². The molecule has 0 atom stereocenters. The molecule has 2 rings (SSSR count). The summed E-state index contributed by atoms with van der Waals surface area (Å²) in [4.78, 5) is 0. The Balaban J connectivity index is 2.28. The molecule has 0 aliphatic rings. The molecule has 96 valence electrons. The van der Waals surface area contributed by atoms with Crippen LogP contribution in [0.5, 0.6) is 11.5 Å². The fourth-order valence-electron chi connectivity index (χ4n) is 1.67. The highest BCUT2D eigenvalue weighted by molar-refractivity contribution is 6.30. The Bertz CT molecular complexity index is 620. The van der Waals surface area contributed by atoms with Crippen LogP contribution in [0.3, 0.4) is 0 Å². The Morgan fingerprint density at radius 3 is 2.79 bits per heavy atom. The Kier molecular flexibility index (Phi) is 4.40. The van der Waals surface area contributed by atoms with Crippen molar-refractivity contribution < 1.29 is 9.47 Å². The van der Waals surface area contributed by atoms with Gasteiger partial charge in [-0.25, -0.2) is 0 Å². The molecule has 0 radical (unpaired) electrons. The van der Waals surface area contributed by atoms with E-state index >= 15 is 0 Å². The van der Waals surface area contributed by atoms with Crippen LogP contribution < -0.4 is 4.74 Å². The smallest absolute Gasteiger partial charge is 0.146 e. The van der Waals surface area contributed by atoms with E-state index in [0.717, 1.165) is 5.56 Å². The topological polar surface area (TPSA) is 42.2 Å². The lowest BCUT2D eigenvalue weighted by molar-refractivity contribution is 0.184. The van der Waals surface area contributed by atoms with Gasteiger partial charge in [0.2, 0.25) is 0 Å². The van der Waals surface area contributed by atoms with Gasteiger partial charge in [0.1, 0.15) is 17.6 Å². The predicted molar refractivity (Wildman–Crippen MR) is 73.4 cm³/mol. The SMILES string of the molecule is COCc1cccc(Oc2cc(Cl)ccc2C#N)c1. The molecule has 3 nitrogen and oxygen atoms in total. The second-order valence-electron chi connectivity index (χ2n) is 3.93. The highest BCUT2D eigenvalue weighted by Gasteiger charge is 2.06. The van der Waals surface area contributed by atoms with Gasteiger partial charge in [0.05, 0.1) is 12.2 Å². The van der Waals surface area contributed by atoms with Gasteiger partial charge in [-0.1, -0.05) is 23.7 Å². The van der Waals surface area contributed by atoms with Crippen LogP contribution in [0.4, 0.5) is 0 Å². The molecule has 0 bridgehead atoms. The Morgan fingerprint density at radius 2 is 2.05 bits per heavy atom. The monoisotopic (exact) mass is 273 g/mol. The third-order valence-electron chi connectivity index (χ3n) is 2.50. The van der Waals surface area contributed by atoms with E-state index in [1.54, 1.807) is 25.3 Å². The summed E-state index contributed by atoms with van der Waals surface area (Å²) in [5, 5.41) is 9.56. The van der Waals surface area contributed by atoms with Gasteiger partial charge in [-0.3, -0.25) is 0 Å². The first-order valence-electron chi connectivity index (χ1n) is 5.68.